The van der Waals surface area contributed by atoms with Crippen molar-refractivity contribution >= 4 is 6.03 Å². The van der Waals surface area contributed by atoms with Crippen LogP contribution in [0.15, 0.2) is 0 Å². The van der Waals surface area contributed by atoms with Gasteiger partial charge in [0.25, 0.3) is 0 Å². The zero-order chi connectivity index (χ0) is 9.26. The molecule has 1 aliphatic heterocycles. The molecule has 1 heterocycles. The van der Waals surface area contributed by atoms with E-state index in [2.05, 4.69) is 12.2 Å². The van der Waals surface area contributed by atoms with Crippen molar-refractivity contribution in [3.63, 3.8) is 0 Å². The molecule has 0 spiro atoms. The third kappa shape index (κ3) is 1.79. The van der Waals surface area contributed by atoms with Crippen molar-refractivity contribution in [3.05, 3.63) is 0 Å². The summed E-state index contributed by atoms with van der Waals surface area (Å²) in [5, 5.41) is 2.90. The second-order valence-corrected chi connectivity index (χ2v) is 4.13. The predicted octanol–water partition coefficient (Wildman–Crippen LogP) is 1.59. The first kappa shape index (κ1) is 8.85. The summed E-state index contributed by atoms with van der Waals surface area (Å²) in [7, 11) is 0. The van der Waals surface area contributed by atoms with Crippen LogP contribution in [0.1, 0.15) is 32.6 Å². The average molecular weight is 182 g/mol. The van der Waals surface area contributed by atoms with Crippen LogP contribution in [0, 0.1) is 5.92 Å². The van der Waals surface area contributed by atoms with Gasteiger partial charge in [0, 0.05) is 19.1 Å². The van der Waals surface area contributed by atoms with Crippen molar-refractivity contribution in [1.29, 1.82) is 0 Å². The summed E-state index contributed by atoms with van der Waals surface area (Å²) in [5.74, 6) is 0.800. The van der Waals surface area contributed by atoms with Gasteiger partial charge in [0.05, 0.1) is 0 Å². The highest BCUT2D eigenvalue weighted by Crippen LogP contribution is 2.39. The Kier molecular flexibility index (Phi) is 2.42. The molecule has 13 heavy (non-hydrogen) atoms. The van der Waals surface area contributed by atoms with Crippen LogP contribution in [0.5, 0.6) is 0 Å². The zero-order valence-electron chi connectivity index (χ0n) is 8.25. The molecule has 0 aromatic carbocycles. The topological polar surface area (TPSA) is 32.3 Å². The maximum Gasteiger partial charge on any atom is 0.317 e. The Morgan fingerprint density at radius 1 is 1.62 bits per heavy atom. The van der Waals surface area contributed by atoms with E-state index < -0.39 is 0 Å². The lowest BCUT2D eigenvalue weighted by molar-refractivity contribution is 0.179. The van der Waals surface area contributed by atoms with Crippen LogP contribution in [0.2, 0.25) is 0 Å². The molecule has 3 nitrogen and oxygen atoms in total. The van der Waals surface area contributed by atoms with Gasteiger partial charge < -0.3 is 10.2 Å². The van der Waals surface area contributed by atoms with E-state index in [0.29, 0.717) is 6.04 Å². The molecular weight excluding hydrogens is 164 g/mol. The second-order valence-electron chi connectivity index (χ2n) is 4.13. The standard InChI is InChI=1S/C10H18N2O/c1-2-4-8-7-9(8)12-6-3-5-11-10(12)13/h8-9H,2-7H2,1H3,(H,11,13). The third-order valence-electron chi connectivity index (χ3n) is 3.06. The summed E-state index contributed by atoms with van der Waals surface area (Å²) in [6.07, 6.45) is 4.88. The first-order chi connectivity index (χ1) is 6.33. The Hall–Kier alpha value is -0.730. The van der Waals surface area contributed by atoms with Gasteiger partial charge in [-0.1, -0.05) is 13.3 Å². The monoisotopic (exact) mass is 182 g/mol. The van der Waals surface area contributed by atoms with Crippen molar-refractivity contribution in [3.8, 4) is 0 Å². The molecule has 2 atom stereocenters. The molecule has 2 rings (SSSR count). The quantitative estimate of drug-likeness (QED) is 0.706. The first-order valence-electron chi connectivity index (χ1n) is 5.37. The van der Waals surface area contributed by atoms with Crippen LogP contribution < -0.4 is 5.32 Å². The van der Waals surface area contributed by atoms with Gasteiger partial charge >= 0.3 is 6.03 Å². The fourth-order valence-electron chi connectivity index (χ4n) is 2.26. The molecule has 0 bridgehead atoms. The zero-order valence-corrected chi connectivity index (χ0v) is 8.25. The third-order valence-corrected chi connectivity index (χ3v) is 3.06. The van der Waals surface area contributed by atoms with Gasteiger partial charge in [0.15, 0.2) is 0 Å². The lowest BCUT2D eigenvalue weighted by atomic mass is 10.2. The number of nitrogens with zero attached hydrogens (tertiary/aromatic N) is 1. The van der Waals surface area contributed by atoms with E-state index in [-0.39, 0.29) is 6.03 Å². The Balaban J connectivity index is 1.84. The minimum absolute atomic E-state index is 0.162. The maximum absolute atomic E-state index is 11.4. The van der Waals surface area contributed by atoms with Crippen LogP contribution in [0.25, 0.3) is 0 Å². The smallest absolute Gasteiger partial charge is 0.317 e. The molecule has 0 radical (unpaired) electrons. The van der Waals surface area contributed by atoms with Crippen molar-refractivity contribution in [1.82, 2.24) is 10.2 Å². The normalized spacial score (nSPS) is 33.0. The van der Waals surface area contributed by atoms with Gasteiger partial charge in [-0.3, -0.25) is 0 Å². The molecule has 1 aliphatic carbocycles. The van der Waals surface area contributed by atoms with Gasteiger partial charge in [0.2, 0.25) is 0 Å². The van der Waals surface area contributed by atoms with E-state index in [1.54, 1.807) is 0 Å². The summed E-state index contributed by atoms with van der Waals surface area (Å²) in [6, 6.07) is 0.732. The van der Waals surface area contributed by atoms with E-state index >= 15 is 0 Å². The van der Waals surface area contributed by atoms with Crippen molar-refractivity contribution < 1.29 is 4.79 Å². The number of hydrogen-bond donors (Lipinski definition) is 1. The number of carbonyl (C=O) groups is 1. The Labute approximate surface area is 79.5 Å². The molecule has 1 saturated heterocycles. The highest BCUT2D eigenvalue weighted by Gasteiger charge is 2.43. The summed E-state index contributed by atoms with van der Waals surface area (Å²) in [4.78, 5) is 13.5. The highest BCUT2D eigenvalue weighted by atomic mass is 16.2. The Bertz CT molecular complexity index is 205. The molecule has 3 heteroatoms. The molecule has 2 aliphatic rings. The highest BCUT2D eigenvalue weighted by molar-refractivity contribution is 5.75. The van der Waals surface area contributed by atoms with Gasteiger partial charge in [-0.15, -0.1) is 0 Å². The van der Waals surface area contributed by atoms with E-state index in [1.165, 1.54) is 19.3 Å². The SMILES string of the molecule is CCCC1CC1N1CCCNC1=O. The molecule has 2 unspecified atom stereocenters. The number of urea groups is 1. The molecule has 1 N–H and O–H groups in total. The second kappa shape index (κ2) is 3.56. The molecular formula is C10H18N2O. The van der Waals surface area contributed by atoms with Gasteiger partial charge in [0.1, 0.15) is 0 Å². The van der Waals surface area contributed by atoms with Crippen molar-refractivity contribution in [2.24, 2.45) is 5.92 Å². The van der Waals surface area contributed by atoms with Crippen molar-refractivity contribution in [2.75, 3.05) is 13.1 Å². The Morgan fingerprint density at radius 2 is 2.46 bits per heavy atom. The van der Waals surface area contributed by atoms with E-state index in [9.17, 15) is 4.79 Å². The minimum atomic E-state index is 0.162. The number of hydrogen-bond acceptors (Lipinski definition) is 1. The average Bonchev–Trinajstić information content (AvgIpc) is 2.86. The fourth-order valence-corrected chi connectivity index (χ4v) is 2.26. The van der Waals surface area contributed by atoms with Crippen LogP contribution >= 0.6 is 0 Å². The summed E-state index contributed by atoms with van der Waals surface area (Å²) >= 11 is 0. The van der Waals surface area contributed by atoms with Gasteiger partial charge in [-0.25, -0.2) is 4.79 Å². The lowest BCUT2D eigenvalue weighted by Crippen LogP contribution is -2.47. The predicted molar refractivity (Wildman–Crippen MR) is 51.5 cm³/mol. The summed E-state index contributed by atoms with van der Waals surface area (Å²) < 4.78 is 0. The molecule has 2 fully saturated rings. The minimum Gasteiger partial charge on any atom is -0.338 e. The van der Waals surface area contributed by atoms with Gasteiger partial charge in [-0.2, -0.15) is 0 Å². The molecule has 0 aromatic rings. The number of amides is 2. The van der Waals surface area contributed by atoms with Crippen molar-refractivity contribution in [2.45, 2.75) is 38.6 Å². The summed E-state index contributed by atoms with van der Waals surface area (Å²) in [6.45, 7) is 4.04. The molecule has 74 valence electrons. The van der Waals surface area contributed by atoms with E-state index in [4.69, 9.17) is 0 Å². The largest absolute Gasteiger partial charge is 0.338 e. The summed E-state index contributed by atoms with van der Waals surface area (Å²) in [5.41, 5.74) is 0. The van der Waals surface area contributed by atoms with E-state index in [0.717, 1.165) is 25.4 Å². The van der Waals surface area contributed by atoms with E-state index in [1.807, 2.05) is 4.90 Å². The van der Waals surface area contributed by atoms with Crippen LogP contribution in [0.3, 0.4) is 0 Å². The maximum atomic E-state index is 11.4. The van der Waals surface area contributed by atoms with Gasteiger partial charge in [-0.05, 0) is 25.2 Å². The molecule has 1 saturated carbocycles. The van der Waals surface area contributed by atoms with Crippen LogP contribution in [-0.2, 0) is 0 Å². The Morgan fingerprint density at radius 3 is 3.15 bits per heavy atom. The first-order valence-corrected chi connectivity index (χ1v) is 5.37. The number of rotatable bonds is 3. The van der Waals surface area contributed by atoms with Crippen LogP contribution in [0.4, 0.5) is 4.79 Å². The molecule has 2 amide bonds. The lowest BCUT2D eigenvalue weighted by Gasteiger charge is -2.27. The van der Waals surface area contributed by atoms with Crippen LogP contribution in [-0.4, -0.2) is 30.1 Å². The number of nitrogens with one attached hydrogen (secondary N) is 1. The number of carbonyl (C=O) groups excluding carboxylic acids is 1. The fraction of sp³-hybridized carbons (Fsp3) is 0.900. The molecule has 0 aromatic heterocycles.